The molecule has 0 aliphatic rings. The van der Waals surface area contributed by atoms with Gasteiger partial charge in [-0.05, 0) is 72.3 Å². The van der Waals surface area contributed by atoms with Gasteiger partial charge in [-0.1, -0.05) is 12.1 Å². The van der Waals surface area contributed by atoms with Gasteiger partial charge in [-0.3, -0.25) is 9.59 Å². The zero-order chi connectivity index (χ0) is 23.1. The van der Waals surface area contributed by atoms with E-state index in [9.17, 15) is 22.8 Å². The van der Waals surface area contributed by atoms with Crippen LogP contribution in [0.3, 0.4) is 0 Å². The van der Waals surface area contributed by atoms with E-state index in [1.54, 1.807) is 55.6 Å². The minimum Gasteiger partial charge on any atom is -0.497 e. The van der Waals surface area contributed by atoms with Gasteiger partial charge in [0, 0.05) is 23.0 Å². The van der Waals surface area contributed by atoms with Crippen LogP contribution in [0.15, 0.2) is 78.9 Å². The molecule has 0 unspecified atom stereocenters. The van der Waals surface area contributed by atoms with Crippen molar-refractivity contribution in [3.05, 3.63) is 95.6 Å². The first-order valence-corrected chi connectivity index (χ1v) is 9.46. The van der Waals surface area contributed by atoms with Crippen LogP contribution in [-0.4, -0.2) is 18.9 Å². The predicted octanol–water partition coefficient (Wildman–Crippen LogP) is 5.62. The fourth-order valence-electron chi connectivity index (χ4n) is 2.76. The molecule has 3 rings (SSSR count). The number of nitrogens with one attached hydrogen (secondary N) is 2. The molecule has 0 radical (unpaired) electrons. The number of halogens is 3. The Balaban J connectivity index is 1.58. The lowest BCUT2D eigenvalue weighted by Crippen LogP contribution is -2.12. The number of methoxy groups -OCH3 is 1. The van der Waals surface area contributed by atoms with E-state index in [1.807, 2.05) is 0 Å². The van der Waals surface area contributed by atoms with Gasteiger partial charge in [0.05, 0.1) is 12.7 Å². The van der Waals surface area contributed by atoms with Crippen LogP contribution in [0.1, 0.15) is 21.5 Å². The second-order valence-electron chi connectivity index (χ2n) is 6.71. The lowest BCUT2D eigenvalue weighted by atomic mass is 10.1. The molecule has 0 bridgehead atoms. The third-order valence-corrected chi connectivity index (χ3v) is 4.40. The normalized spacial score (nSPS) is 11.2. The molecule has 3 aromatic rings. The molecule has 0 fully saturated rings. The van der Waals surface area contributed by atoms with Crippen molar-refractivity contribution in [2.45, 2.75) is 6.18 Å². The van der Waals surface area contributed by atoms with Gasteiger partial charge in [-0.15, -0.1) is 0 Å². The summed E-state index contributed by atoms with van der Waals surface area (Å²) < 4.78 is 43.3. The third kappa shape index (κ3) is 6.21. The Morgan fingerprint density at radius 2 is 1.50 bits per heavy atom. The Bertz CT molecular complexity index is 1120. The first-order valence-electron chi connectivity index (χ1n) is 9.46. The number of hydrogen-bond donors (Lipinski definition) is 2. The average Bonchev–Trinajstić information content (AvgIpc) is 2.78. The van der Waals surface area contributed by atoms with Crippen molar-refractivity contribution in [3.8, 4) is 5.75 Å². The van der Waals surface area contributed by atoms with E-state index in [2.05, 4.69) is 10.6 Å². The molecular weight excluding hydrogens is 421 g/mol. The van der Waals surface area contributed by atoms with Crippen LogP contribution in [-0.2, 0) is 11.0 Å². The van der Waals surface area contributed by atoms with Crippen LogP contribution in [0.5, 0.6) is 5.75 Å². The van der Waals surface area contributed by atoms with Crippen molar-refractivity contribution < 1.29 is 27.5 Å². The van der Waals surface area contributed by atoms with E-state index in [-0.39, 0.29) is 11.5 Å². The Morgan fingerprint density at radius 1 is 0.875 bits per heavy atom. The van der Waals surface area contributed by atoms with Gasteiger partial charge in [0.2, 0.25) is 5.91 Å². The van der Waals surface area contributed by atoms with Crippen LogP contribution >= 0.6 is 0 Å². The summed E-state index contributed by atoms with van der Waals surface area (Å²) in [6, 6.07) is 17.7. The number of amides is 2. The highest BCUT2D eigenvalue weighted by molar-refractivity contribution is 6.05. The highest BCUT2D eigenvalue weighted by Gasteiger charge is 2.30. The smallest absolute Gasteiger partial charge is 0.416 e. The Morgan fingerprint density at radius 3 is 2.12 bits per heavy atom. The third-order valence-electron chi connectivity index (χ3n) is 4.40. The molecule has 3 aromatic carbocycles. The number of benzene rings is 3. The number of rotatable bonds is 6. The van der Waals surface area contributed by atoms with Gasteiger partial charge in [0.1, 0.15) is 5.75 Å². The number of carbonyl (C=O) groups excluding carboxylic acids is 2. The fraction of sp³-hybridized carbons (Fsp3) is 0.0833. The maximum Gasteiger partial charge on any atom is 0.416 e. The largest absolute Gasteiger partial charge is 0.497 e. The molecule has 0 heterocycles. The Hall–Kier alpha value is -4.07. The van der Waals surface area contributed by atoms with Gasteiger partial charge in [0.25, 0.3) is 5.91 Å². The molecule has 2 amide bonds. The second-order valence-corrected chi connectivity index (χ2v) is 6.71. The molecule has 8 heteroatoms. The zero-order valence-corrected chi connectivity index (χ0v) is 16.9. The molecule has 32 heavy (non-hydrogen) atoms. The topological polar surface area (TPSA) is 67.4 Å². The maximum atomic E-state index is 12.8. The number of anilines is 2. The van der Waals surface area contributed by atoms with E-state index >= 15 is 0 Å². The molecule has 164 valence electrons. The fourth-order valence-corrected chi connectivity index (χ4v) is 2.76. The summed E-state index contributed by atoms with van der Waals surface area (Å²) in [7, 11) is 1.55. The number of ether oxygens (including phenoxy) is 1. The lowest BCUT2D eigenvalue weighted by Gasteiger charge is -2.08. The van der Waals surface area contributed by atoms with Gasteiger partial charge in [-0.2, -0.15) is 13.2 Å². The first kappa shape index (κ1) is 22.6. The molecule has 2 N–H and O–H groups in total. The van der Waals surface area contributed by atoms with Gasteiger partial charge in [-0.25, -0.2) is 0 Å². The minimum atomic E-state index is -4.45. The Labute approximate surface area is 182 Å². The van der Waals surface area contributed by atoms with Crippen molar-refractivity contribution in [2.24, 2.45) is 0 Å². The Kier molecular flexibility index (Phi) is 6.94. The van der Waals surface area contributed by atoms with Crippen molar-refractivity contribution in [3.63, 3.8) is 0 Å². The van der Waals surface area contributed by atoms with E-state index in [0.29, 0.717) is 22.7 Å². The summed E-state index contributed by atoms with van der Waals surface area (Å²) >= 11 is 0. The van der Waals surface area contributed by atoms with E-state index in [1.165, 1.54) is 18.2 Å². The van der Waals surface area contributed by atoms with Crippen molar-refractivity contribution in [1.29, 1.82) is 0 Å². The van der Waals surface area contributed by atoms with Gasteiger partial charge >= 0.3 is 6.18 Å². The van der Waals surface area contributed by atoms with Crippen molar-refractivity contribution >= 4 is 29.3 Å². The molecule has 0 saturated carbocycles. The highest BCUT2D eigenvalue weighted by Crippen LogP contribution is 2.29. The lowest BCUT2D eigenvalue weighted by molar-refractivity contribution is -0.137. The summed E-state index contributed by atoms with van der Waals surface area (Å²) in [5.74, 6) is -0.166. The van der Waals surface area contributed by atoms with Gasteiger partial charge < -0.3 is 15.4 Å². The van der Waals surface area contributed by atoms with Crippen molar-refractivity contribution in [1.82, 2.24) is 0 Å². The zero-order valence-electron chi connectivity index (χ0n) is 16.9. The predicted molar refractivity (Wildman–Crippen MR) is 116 cm³/mol. The van der Waals surface area contributed by atoms with E-state index in [4.69, 9.17) is 4.74 Å². The van der Waals surface area contributed by atoms with Crippen molar-refractivity contribution in [2.75, 3.05) is 17.7 Å². The summed E-state index contributed by atoms with van der Waals surface area (Å²) in [6.07, 6.45) is -2.02. The summed E-state index contributed by atoms with van der Waals surface area (Å²) in [6.45, 7) is 0. The second kappa shape index (κ2) is 9.82. The van der Waals surface area contributed by atoms with Gasteiger partial charge in [0.15, 0.2) is 0 Å². The molecule has 0 aliphatic carbocycles. The summed E-state index contributed by atoms with van der Waals surface area (Å²) in [5, 5.41) is 5.34. The number of carbonyl (C=O) groups is 2. The van der Waals surface area contributed by atoms with Crippen LogP contribution in [0.25, 0.3) is 6.08 Å². The molecule has 0 saturated heterocycles. The summed E-state index contributed by atoms with van der Waals surface area (Å²) in [5.41, 5.74) is 0.889. The van der Waals surface area contributed by atoms with Crippen LogP contribution in [0.2, 0.25) is 0 Å². The number of alkyl halides is 3. The molecule has 0 aliphatic heterocycles. The average molecular weight is 440 g/mol. The summed E-state index contributed by atoms with van der Waals surface area (Å²) in [4.78, 5) is 24.4. The molecule has 0 aromatic heterocycles. The standard InChI is InChI=1S/C24H19F3N2O3/c1-32-21-12-10-20(11-13-21)29-23(31)17-6-8-19(9-7-17)28-22(30)14-5-16-3-2-4-18(15-16)24(25,26)27/h2-15H,1H3,(H,28,30)(H,29,31). The van der Waals surface area contributed by atoms with Crippen LogP contribution in [0.4, 0.5) is 24.5 Å². The highest BCUT2D eigenvalue weighted by atomic mass is 19.4. The van der Waals surface area contributed by atoms with E-state index in [0.717, 1.165) is 18.2 Å². The molecule has 5 nitrogen and oxygen atoms in total. The first-order chi connectivity index (χ1) is 15.2. The SMILES string of the molecule is COc1ccc(NC(=O)c2ccc(NC(=O)C=Cc3cccc(C(F)(F)F)c3)cc2)cc1. The minimum absolute atomic E-state index is 0.250. The van der Waals surface area contributed by atoms with Crippen LogP contribution in [0, 0.1) is 0 Å². The molecular formula is C24H19F3N2O3. The molecule has 0 spiro atoms. The maximum absolute atomic E-state index is 12.8. The monoisotopic (exact) mass is 440 g/mol. The van der Waals surface area contributed by atoms with E-state index < -0.39 is 17.6 Å². The van der Waals surface area contributed by atoms with Crippen LogP contribution < -0.4 is 15.4 Å². The quantitative estimate of drug-likeness (QED) is 0.489. The number of hydrogen-bond acceptors (Lipinski definition) is 3. The molecule has 0 atom stereocenters.